The summed E-state index contributed by atoms with van der Waals surface area (Å²) in [5.41, 5.74) is 0.724. The third kappa shape index (κ3) is 2.61. The molecule has 1 N–H and O–H groups in total. The van der Waals surface area contributed by atoms with Crippen molar-refractivity contribution in [2.24, 2.45) is 0 Å². The summed E-state index contributed by atoms with van der Waals surface area (Å²) in [5.74, 6) is 0.435. The number of benzene rings is 1. The molecule has 0 spiro atoms. The SMILES string of the molecule is CCNC(C1=CCCO1)c1cccc(F)c1Cl. The second kappa shape index (κ2) is 5.52. The summed E-state index contributed by atoms with van der Waals surface area (Å²) < 4.78 is 19.0. The number of hydrogen-bond donors (Lipinski definition) is 1. The predicted octanol–water partition coefficient (Wildman–Crippen LogP) is 3.43. The van der Waals surface area contributed by atoms with Crippen LogP contribution in [-0.4, -0.2) is 13.2 Å². The van der Waals surface area contributed by atoms with Gasteiger partial charge in [-0.25, -0.2) is 4.39 Å². The molecule has 1 aliphatic rings. The van der Waals surface area contributed by atoms with Crippen LogP contribution in [0.1, 0.15) is 24.9 Å². The fraction of sp³-hybridized carbons (Fsp3) is 0.385. The topological polar surface area (TPSA) is 21.3 Å². The van der Waals surface area contributed by atoms with E-state index in [0.717, 1.165) is 24.3 Å². The van der Waals surface area contributed by atoms with Crippen molar-refractivity contribution in [2.75, 3.05) is 13.2 Å². The Morgan fingerprint density at radius 2 is 2.35 bits per heavy atom. The largest absolute Gasteiger partial charge is 0.496 e. The van der Waals surface area contributed by atoms with E-state index in [1.165, 1.54) is 6.07 Å². The monoisotopic (exact) mass is 255 g/mol. The highest BCUT2D eigenvalue weighted by Gasteiger charge is 2.23. The van der Waals surface area contributed by atoms with Gasteiger partial charge in [-0.3, -0.25) is 0 Å². The molecular weight excluding hydrogens is 241 g/mol. The smallest absolute Gasteiger partial charge is 0.142 e. The van der Waals surface area contributed by atoms with Crippen molar-refractivity contribution in [3.63, 3.8) is 0 Å². The molecule has 0 saturated heterocycles. The number of halogens is 2. The van der Waals surface area contributed by atoms with Crippen molar-refractivity contribution in [2.45, 2.75) is 19.4 Å². The molecule has 2 nitrogen and oxygen atoms in total. The molecule has 1 aromatic rings. The van der Waals surface area contributed by atoms with E-state index in [4.69, 9.17) is 16.3 Å². The molecule has 2 rings (SSSR count). The van der Waals surface area contributed by atoms with Gasteiger partial charge in [-0.05, 0) is 24.3 Å². The molecule has 0 saturated carbocycles. The molecule has 0 aliphatic carbocycles. The number of nitrogens with one attached hydrogen (secondary N) is 1. The van der Waals surface area contributed by atoms with Crippen LogP contribution in [0, 0.1) is 5.82 Å². The van der Waals surface area contributed by atoms with Gasteiger partial charge >= 0.3 is 0 Å². The third-order valence-electron chi connectivity index (χ3n) is 2.72. The lowest BCUT2D eigenvalue weighted by molar-refractivity contribution is 0.216. The van der Waals surface area contributed by atoms with Gasteiger partial charge in [-0.15, -0.1) is 0 Å². The molecule has 17 heavy (non-hydrogen) atoms. The van der Waals surface area contributed by atoms with Crippen molar-refractivity contribution >= 4 is 11.6 Å². The molecule has 1 unspecified atom stereocenters. The first-order chi connectivity index (χ1) is 8.24. The highest BCUT2D eigenvalue weighted by atomic mass is 35.5. The first-order valence-electron chi connectivity index (χ1n) is 5.74. The molecule has 0 amide bonds. The minimum absolute atomic E-state index is 0.161. The van der Waals surface area contributed by atoms with Crippen LogP contribution in [0.4, 0.5) is 4.39 Å². The van der Waals surface area contributed by atoms with Gasteiger partial charge in [-0.2, -0.15) is 0 Å². The predicted molar refractivity (Wildman–Crippen MR) is 66.5 cm³/mol. The Hall–Kier alpha value is -1.06. The molecular formula is C13H15ClFNO. The average molecular weight is 256 g/mol. The second-order valence-electron chi connectivity index (χ2n) is 3.88. The second-order valence-corrected chi connectivity index (χ2v) is 4.26. The zero-order valence-electron chi connectivity index (χ0n) is 9.67. The van der Waals surface area contributed by atoms with Crippen LogP contribution in [0.5, 0.6) is 0 Å². The van der Waals surface area contributed by atoms with E-state index in [2.05, 4.69) is 5.32 Å². The molecule has 4 heteroatoms. The third-order valence-corrected chi connectivity index (χ3v) is 3.12. The van der Waals surface area contributed by atoms with Crippen molar-refractivity contribution in [1.29, 1.82) is 0 Å². The molecule has 1 atom stereocenters. The number of likely N-dealkylation sites (N-methyl/N-ethyl adjacent to an activating group) is 1. The van der Waals surface area contributed by atoms with Gasteiger partial charge in [0.15, 0.2) is 0 Å². The Balaban J connectivity index is 2.35. The van der Waals surface area contributed by atoms with Crippen LogP contribution < -0.4 is 5.32 Å². The van der Waals surface area contributed by atoms with E-state index in [1.807, 2.05) is 19.1 Å². The molecule has 1 aliphatic heterocycles. The normalized spacial score (nSPS) is 16.5. The summed E-state index contributed by atoms with van der Waals surface area (Å²) in [6, 6.07) is 4.68. The van der Waals surface area contributed by atoms with Gasteiger partial charge in [0.05, 0.1) is 17.7 Å². The average Bonchev–Trinajstić information content (AvgIpc) is 2.84. The van der Waals surface area contributed by atoms with Crippen LogP contribution in [0.25, 0.3) is 0 Å². The quantitative estimate of drug-likeness (QED) is 0.890. The van der Waals surface area contributed by atoms with E-state index in [-0.39, 0.29) is 11.1 Å². The summed E-state index contributed by atoms with van der Waals surface area (Å²) in [5, 5.41) is 3.43. The maximum absolute atomic E-state index is 13.4. The molecule has 92 valence electrons. The highest BCUT2D eigenvalue weighted by Crippen LogP contribution is 2.32. The molecule has 1 heterocycles. The molecule has 0 bridgehead atoms. The zero-order chi connectivity index (χ0) is 12.3. The lowest BCUT2D eigenvalue weighted by atomic mass is 10.0. The fourth-order valence-corrected chi connectivity index (χ4v) is 2.18. The van der Waals surface area contributed by atoms with Gasteiger partial charge < -0.3 is 10.1 Å². The molecule has 0 fully saturated rings. The Bertz CT molecular complexity index is 433. The minimum Gasteiger partial charge on any atom is -0.496 e. The first-order valence-corrected chi connectivity index (χ1v) is 6.12. The number of hydrogen-bond acceptors (Lipinski definition) is 2. The Morgan fingerprint density at radius 1 is 1.53 bits per heavy atom. The van der Waals surface area contributed by atoms with Crippen molar-refractivity contribution in [1.82, 2.24) is 5.32 Å². The van der Waals surface area contributed by atoms with Gasteiger partial charge in [-0.1, -0.05) is 30.7 Å². The van der Waals surface area contributed by atoms with E-state index in [9.17, 15) is 4.39 Å². The molecule has 1 aromatic carbocycles. The Labute approximate surface area is 105 Å². The maximum atomic E-state index is 13.4. The minimum atomic E-state index is -0.398. The van der Waals surface area contributed by atoms with Crippen LogP contribution in [0.3, 0.4) is 0 Å². The van der Waals surface area contributed by atoms with E-state index in [0.29, 0.717) is 6.61 Å². The van der Waals surface area contributed by atoms with E-state index in [1.54, 1.807) is 6.07 Å². The van der Waals surface area contributed by atoms with Crippen molar-refractivity contribution < 1.29 is 9.13 Å². The Morgan fingerprint density at radius 3 is 3.00 bits per heavy atom. The summed E-state index contributed by atoms with van der Waals surface area (Å²) in [6.45, 7) is 3.44. The first kappa shape index (κ1) is 12.4. The van der Waals surface area contributed by atoms with Gasteiger partial charge in [0.2, 0.25) is 0 Å². The maximum Gasteiger partial charge on any atom is 0.142 e. The molecule has 0 radical (unpaired) electrons. The van der Waals surface area contributed by atoms with Gasteiger partial charge in [0.25, 0.3) is 0 Å². The van der Waals surface area contributed by atoms with Crippen LogP contribution >= 0.6 is 11.6 Å². The summed E-state index contributed by atoms with van der Waals surface area (Å²) in [7, 11) is 0. The summed E-state index contributed by atoms with van der Waals surface area (Å²) in [4.78, 5) is 0. The lowest BCUT2D eigenvalue weighted by Crippen LogP contribution is -2.23. The number of rotatable bonds is 4. The van der Waals surface area contributed by atoms with Gasteiger partial charge in [0, 0.05) is 6.42 Å². The highest BCUT2D eigenvalue weighted by molar-refractivity contribution is 6.31. The van der Waals surface area contributed by atoms with Crippen LogP contribution in [0.2, 0.25) is 5.02 Å². The van der Waals surface area contributed by atoms with Crippen molar-refractivity contribution in [3.8, 4) is 0 Å². The zero-order valence-corrected chi connectivity index (χ0v) is 10.4. The van der Waals surface area contributed by atoms with Crippen molar-refractivity contribution in [3.05, 3.63) is 46.4 Å². The fourth-order valence-electron chi connectivity index (χ4n) is 1.95. The molecule has 0 aromatic heterocycles. The summed E-state index contributed by atoms with van der Waals surface area (Å²) in [6.07, 6.45) is 2.92. The lowest BCUT2D eigenvalue weighted by Gasteiger charge is -2.20. The summed E-state index contributed by atoms with van der Waals surface area (Å²) >= 11 is 6.00. The van der Waals surface area contributed by atoms with Gasteiger partial charge in [0.1, 0.15) is 11.6 Å². The van der Waals surface area contributed by atoms with E-state index >= 15 is 0 Å². The van der Waals surface area contributed by atoms with Crippen LogP contribution in [0.15, 0.2) is 30.0 Å². The standard InChI is InChI=1S/C13H15ClFNO/c1-2-16-13(11-7-4-8-17-11)9-5-3-6-10(15)12(9)14/h3,5-7,13,16H,2,4,8H2,1H3. The Kier molecular flexibility index (Phi) is 4.02. The number of ether oxygens (including phenoxy) is 1. The van der Waals surface area contributed by atoms with Crippen LogP contribution in [-0.2, 0) is 4.74 Å². The van der Waals surface area contributed by atoms with E-state index < -0.39 is 5.82 Å².